The van der Waals surface area contributed by atoms with Gasteiger partial charge in [0.2, 0.25) is 0 Å². The molecule has 0 saturated heterocycles. The molecule has 0 aliphatic carbocycles. The van der Waals surface area contributed by atoms with Gasteiger partial charge in [-0.15, -0.1) is 0 Å². The van der Waals surface area contributed by atoms with Gasteiger partial charge in [-0.2, -0.15) is 4.98 Å². The summed E-state index contributed by atoms with van der Waals surface area (Å²) in [5, 5.41) is 7.33. The summed E-state index contributed by atoms with van der Waals surface area (Å²) in [7, 11) is 0. The zero-order valence-corrected chi connectivity index (χ0v) is 15.0. The van der Waals surface area contributed by atoms with E-state index in [2.05, 4.69) is 15.5 Å². The lowest BCUT2D eigenvalue weighted by molar-refractivity contribution is -0.123. The summed E-state index contributed by atoms with van der Waals surface area (Å²) in [5.74, 6) is 1.42. The molecule has 26 heavy (non-hydrogen) atoms. The number of amides is 1. The van der Waals surface area contributed by atoms with E-state index in [4.69, 9.17) is 20.9 Å². The SMILES string of the molecule is CCc1noc(-c2cccc(OCC(=O)NCc3ccc(Cl)cc3)c2)n1. The standard InChI is InChI=1S/C19H18ClN3O3/c1-2-17-22-19(26-23-17)14-4-3-5-16(10-14)25-12-18(24)21-11-13-6-8-15(20)9-7-13/h3-10H,2,11-12H2,1H3,(H,21,24). The predicted octanol–water partition coefficient (Wildman–Crippen LogP) is 3.65. The number of nitrogens with zero attached hydrogens (tertiary/aromatic N) is 2. The number of carbonyl (C=O) groups is 1. The monoisotopic (exact) mass is 371 g/mol. The van der Waals surface area contributed by atoms with Crippen molar-refractivity contribution >= 4 is 17.5 Å². The lowest BCUT2D eigenvalue weighted by Crippen LogP contribution is -2.28. The molecule has 1 heterocycles. The first-order valence-corrected chi connectivity index (χ1v) is 8.59. The Morgan fingerprint density at radius 2 is 2.04 bits per heavy atom. The van der Waals surface area contributed by atoms with Crippen molar-refractivity contribution < 1.29 is 14.1 Å². The number of benzene rings is 2. The molecule has 0 saturated carbocycles. The summed E-state index contributed by atoms with van der Waals surface area (Å²) in [6.45, 7) is 2.29. The number of rotatable bonds is 7. The van der Waals surface area contributed by atoms with Gasteiger partial charge in [-0.25, -0.2) is 0 Å². The van der Waals surface area contributed by atoms with E-state index in [1.807, 2.05) is 31.2 Å². The number of hydrogen-bond acceptors (Lipinski definition) is 5. The molecule has 1 amide bonds. The van der Waals surface area contributed by atoms with Gasteiger partial charge >= 0.3 is 0 Å². The molecular weight excluding hydrogens is 354 g/mol. The van der Waals surface area contributed by atoms with Crippen molar-refractivity contribution in [3.8, 4) is 17.2 Å². The van der Waals surface area contributed by atoms with Gasteiger partial charge in [0.15, 0.2) is 12.4 Å². The summed E-state index contributed by atoms with van der Waals surface area (Å²) >= 11 is 5.84. The molecule has 3 aromatic rings. The highest BCUT2D eigenvalue weighted by atomic mass is 35.5. The van der Waals surface area contributed by atoms with Crippen LogP contribution in [-0.4, -0.2) is 22.7 Å². The molecule has 0 radical (unpaired) electrons. The maximum atomic E-state index is 12.0. The molecule has 0 unspecified atom stereocenters. The number of hydrogen-bond donors (Lipinski definition) is 1. The molecule has 3 rings (SSSR count). The summed E-state index contributed by atoms with van der Waals surface area (Å²) in [4.78, 5) is 16.2. The summed E-state index contributed by atoms with van der Waals surface area (Å²) in [6, 6.07) is 14.5. The van der Waals surface area contributed by atoms with Crippen molar-refractivity contribution in [2.75, 3.05) is 6.61 Å². The van der Waals surface area contributed by atoms with Gasteiger partial charge in [-0.05, 0) is 35.9 Å². The molecule has 0 spiro atoms. The van der Waals surface area contributed by atoms with E-state index >= 15 is 0 Å². The molecule has 0 atom stereocenters. The van der Waals surface area contributed by atoms with E-state index in [0.717, 1.165) is 11.1 Å². The van der Waals surface area contributed by atoms with Gasteiger partial charge in [0.1, 0.15) is 5.75 Å². The average molecular weight is 372 g/mol. The van der Waals surface area contributed by atoms with Crippen LogP contribution in [0.2, 0.25) is 5.02 Å². The fraction of sp³-hybridized carbons (Fsp3) is 0.211. The topological polar surface area (TPSA) is 77.2 Å². The molecular formula is C19H18ClN3O3. The summed E-state index contributed by atoms with van der Waals surface area (Å²) in [6.07, 6.45) is 0.702. The van der Waals surface area contributed by atoms with Crippen molar-refractivity contribution in [3.05, 3.63) is 64.9 Å². The second-order valence-corrected chi connectivity index (χ2v) is 6.03. The van der Waals surface area contributed by atoms with Crippen LogP contribution in [0.3, 0.4) is 0 Å². The largest absolute Gasteiger partial charge is 0.484 e. The Kier molecular flexibility index (Phi) is 5.86. The highest BCUT2D eigenvalue weighted by Crippen LogP contribution is 2.22. The third kappa shape index (κ3) is 4.83. The normalized spacial score (nSPS) is 10.5. The van der Waals surface area contributed by atoms with Crippen LogP contribution >= 0.6 is 11.6 Å². The Labute approximate surface area is 156 Å². The van der Waals surface area contributed by atoms with E-state index in [0.29, 0.717) is 35.5 Å². The minimum absolute atomic E-state index is 0.0823. The van der Waals surface area contributed by atoms with Crippen molar-refractivity contribution in [1.82, 2.24) is 15.5 Å². The van der Waals surface area contributed by atoms with Gasteiger partial charge in [0, 0.05) is 23.6 Å². The second kappa shape index (κ2) is 8.49. The fourth-order valence-corrected chi connectivity index (χ4v) is 2.36. The van der Waals surface area contributed by atoms with E-state index < -0.39 is 0 Å². The van der Waals surface area contributed by atoms with Gasteiger partial charge in [-0.1, -0.05) is 41.9 Å². The first-order valence-electron chi connectivity index (χ1n) is 8.21. The molecule has 0 fully saturated rings. The predicted molar refractivity (Wildman–Crippen MR) is 97.9 cm³/mol. The molecule has 134 valence electrons. The molecule has 0 bridgehead atoms. The van der Waals surface area contributed by atoms with Gasteiger partial charge < -0.3 is 14.6 Å². The summed E-state index contributed by atoms with van der Waals surface area (Å²) < 4.78 is 10.8. The first kappa shape index (κ1) is 17.9. The van der Waals surface area contributed by atoms with Crippen molar-refractivity contribution in [3.63, 3.8) is 0 Å². The van der Waals surface area contributed by atoms with Crippen molar-refractivity contribution in [2.45, 2.75) is 19.9 Å². The average Bonchev–Trinajstić information content (AvgIpc) is 3.15. The number of aromatic nitrogens is 2. The molecule has 0 aliphatic heterocycles. The van der Waals surface area contributed by atoms with E-state index in [9.17, 15) is 4.79 Å². The van der Waals surface area contributed by atoms with Crippen LogP contribution in [0.25, 0.3) is 11.5 Å². The molecule has 1 N–H and O–H groups in total. The van der Waals surface area contributed by atoms with E-state index in [-0.39, 0.29) is 12.5 Å². The highest BCUT2D eigenvalue weighted by molar-refractivity contribution is 6.30. The van der Waals surface area contributed by atoms with Crippen LogP contribution in [0.15, 0.2) is 53.1 Å². The Balaban J connectivity index is 1.53. The van der Waals surface area contributed by atoms with Crippen molar-refractivity contribution in [2.24, 2.45) is 0 Å². The van der Waals surface area contributed by atoms with E-state index in [1.54, 1.807) is 24.3 Å². The lowest BCUT2D eigenvalue weighted by atomic mass is 10.2. The highest BCUT2D eigenvalue weighted by Gasteiger charge is 2.09. The molecule has 7 heteroatoms. The van der Waals surface area contributed by atoms with Crippen LogP contribution in [0, 0.1) is 0 Å². The van der Waals surface area contributed by atoms with Crippen LogP contribution in [0.4, 0.5) is 0 Å². The first-order chi connectivity index (χ1) is 12.6. The Bertz CT molecular complexity index is 878. The molecule has 1 aromatic heterocycles. The maximum Gasteiger partial charge on any atom is 0.258 e. The van der Waals surface area contributed by atoms with Gasteiger partial charge in [-0.3, -0.25) is 4.79 Å². The molecule has 2 aromatic carbocycles. The zero-order chi connectivity index (χ0) is 18.4. The smallest absolute Gasteiger partial charge is 0.258 e. The van der Waals surface area contributed by atoms with Crippen LogP contribution < -0.4 is 10.1 Å². The molecule has 0 aliphatic rings. The molecule has 6 nitrogen and oxygen atoms in total. The van der Waals surface area contributed by atoms with Crippen LogP contribution in [0.5, 0.6) is 5.75 Å². The fourth-order valence-electron chi connectivity index (χ4n) is 2.24. The Hall–Kier alpha value is -2.86. The Morgan fingerprint density at radius 3 is 2.77 bits per heavy atom. The lowest BCUT2D eigenvalue weighted by Gasteiger charge is -2.08. The second-order valence-electron chi connectivity index (χ2n) is 5.59. The number of carbonyl (C=O) groups excluding carboxylic acids is 1. The van der Waals surface area contributed by atoms with E-state index in [1.165, 1.54) is 0 Å². The Morgan fingerprint density at radius 1 is 1.23 bits per heavy atom. The van der Waals surface area contributed by atoms with Crippen molar-refractivity contribution in [1.29, 1.82) is 0 Å². The van der Waals surface area contributed by atoms with Gasteiger partial charge in [0.05, 0.1) is 0 Å². The zero-order valence-electron chi connectivity index (χ0n) is 14.2. The van der Waals surface area contributed by atoms with Crippen LogP contribution in [0.1, 0.15) is 18.3 Å². The quantitative estimate of drug-likeness (QED) is 0.686. The summed E-state index contributed by atoms with van der Waals surface area (Å²) in [5.41, 5.74) is 1.71. The van der Waals surface area contributed by atoms with Gasteiger partial charge in [0.25, 0.3) is 11.8 Å². The minimum atomic E-state index is -0.212. The maximum absolute atomic E-state index is 12.0. The minimum Gasteiger partial charge on any atom is -0.484 e. The third-order valence-electron chi connectivity index (χ3n) is 3.64. The number of halogens is 1. The van der Waals surface area contributed by atoms with Crippen LogP contribution in [-0.2, 0) is 17.8 Å². The third-order valence-corrected chi connectivity index (χ3v) is 3.89. The number of nitrogens with one attached hydrogen (secondary N) is 1. The number of ether oxygens (including phenoxy) is 1. The number of aryl methyl sites for hydroxylation is 1.